The monoisotopic (exact) mass is 265 g/mol. The van der Waals surface area contributed by atoms with Crippen LogP contribution in [0.2, 0.25) is 5.02 Å². The van der Waals surface area contributed by atoms with Gasteiger partial charge in [0.25, 0.3) is 0 Å². The van der Waals surface area contributed by atoms with Gasteiger partial charge >= 0.3 is 0 Å². The number of hydrogen-bond acceptors (Lipinski definition) is 2. The minimum Gasteiger partial charge on any atom is -0.293 e. The molecule has 0 N–H and O–H groups in total. The van der Waals surface area contributed by atoms with E-state index in [1.807, 2.05) is 18.2 Å². The molecule has 1 fully saturated rings. The van der Waals surface area contributed by atoms with Crippen LogP contribution in [0.4, 0.5) is 0 Å². The summed E-state index contributed by atoms with van der Waals surface area (Å²) in [5.74, 6) is 0.132. The Morgan fingerprint density at radius 1 is 1.39 bits per heavy atom. The van der Waals surface area contributed by atoms with Gasteiger partial charge in [0, 0.05) is 17.6 Å². The summed E-state index contributed by atoms with van der Waals surface area (Å²) in [7, 11) is 0. The highest BCUT2D eigenvalue weighted by Gasteiger charge is 2.30. The van der Waals surface area contributed by atoms with Crippen LogP contribution in [0, 0.1) is 0 Å². The molecule has 2 rings (SSSR count). The van der Waals surface area contributed by atoms with Crippen LogP contribution in [0.3, 0.4) is 0 Å². The number of carbonyl (C=O) groups is 1. The number of likely N-dealkylation sites (tertiary alicyclic amines) is 1. The summed E-state index contributed by atoms with van der Waals surface area (Å²) in [6.45, 7) is 4.88. The quantitative estimate of drug-likeness (QED) is 0.772. The minimum atomic E-state index is 0.132. The zero-order chi connectivity index (χ0) is 13.1. The van der Waals surface area contributed by atoms with E-state index in [-0.39, 0.29) is 5.78 Å². The number of benzene rings is 1. The van der Waals surface area contributed by atoms with E-state index in [4.69, 9.17) is 11.6 Å². The average molecular weight is 266 g/mol. The number of Topliss-reactive ketones (excluding diaryl/α,β-unsaturated/α-hetero) is 1. The van der Waals surface area contributed by atoms with Gasteiger partial charge in [-0.1, -0.05) is 30.7 Å². The zero-order valence-corrected chi connectivity index (χ0v) is 11.8. The number of nitrogens with zero attached hydrogens (tertiary/aromatic N) is 1. The molecule has 18 heavy (non-hydrogen) atoms. The predicted molar refractivity (Wildman–Crippen MR) is 75.3 cm³/mol. The Bertz CT molecular complexity index is 432. The normalized spacial score (nSPS) is 24.4. The molecule has 2 nitrogen and oxygen atoms in total. The van der Waals surface area contributed by atoms with Crippen molar-refractivity contribution in [2.45, 2.75) is 45.2 Å². The maximum Gasteiger partial charge on any atom is 0.178 e. The molecule has 1 saturated heterocycles. The first-order chi connectivity index (χ1) is 8.63. The van der Waals surface area contributed by atoms with E-state index in [1.165, 1.54) is 12.8 Å². The average Bonchev–Trinajstić information content (AvgIpc) is 2.71. The predicted octanol–water partition coefficient (Wildman–Crippen LogP) is 3.79. The van der Waals surface area contributed by atoms with E-state index in [9.17, 15) is 4.79 Å². The molecule has 0 radical (unpaired) electrons. The van der Waals surface area contributed by atoms with Crippen molar-refractivity contribution in [3.05, 3.63) is 34.9 Å². The van der Waals surface area contributed by atoms with Gasteiger partial charge in [-0.3, -0.25) is 9.69 Å². The topological polar surface area (TPSA) is 20.3 Å². The second kappa shape index (κ2) is 5.85. The molecule has 1 heterocycles. The highest BCUT2D eigenvalue weighted by Crippen LogP contribution is 2.26. The van der Waals surface area contributed by atoms with Crippen molar-refractivity contribution in [1.82, 2.24) is 4.90 Å². The molecule has 0 saturated carbocycles. The number of halogens is 1. The number of carbonyl (C=O) groups excluding carboxylic acids is 1. The lowest BCUT2D eigenvalue weighted by atomic mass is 10.1. The third-order valence-corrected chi connectivity index (χ3v) is 4.25. The smallest absolute Gasteiger partial charge is 0.178 e. The van der Waals surface area contributed by atoms with Crippen molar-refractivity contribution in [2.75, 3.05) is 6.54 Å². The van der Waals surface area contributed by atoms with Crippen LogP contribution < -0.4 is 0 Å². The summed E-state index contributed by atoms with van der Waals surface area (Å²) < 4.78 is 0. The fourth-order valence-electron chi connectivity index (χ4n) is 2.79. The van der Waals surface area contributed by atoms with Crippen molar-refractivity contribution < 1.29 is 4.79 Å². The first-order valence-corrected chi connectivity index (χ1v) is 7.04. The van der Waals surface area contributed by atoms with Crippen molar-refractivity contribution in [1.29, 1.82) is 0 Å². The Balaban J connectivity index is 2.09. The Labute approximate surface area is 114 Å². The number of rotatable bonds is 4. The van der Waals surface area contributed by atoms with Gasteiger partial charge in [0.15, 0.2) is 5.78 Å². The lowest BCUT2D eigenvalue weighted by Gasteiger charge is -2.26. The van der Waals surface area contributed by atoms with Gasteiger partial charge in [-0.05, 0) is 38.3 Å². The molecule has 0 aromatic heterocycles. The molecule has 1 aromatic rings. The van der Waals surface area contributed by atoms with Crippen LogP contribution in [0.15, 0.2) is 24.3 Å². The van der Waals surface area contributed by atoms with Gasteiger partial charge in [-0.25, -0.2) is 0 Å². The Hall–Kier alpha value is -0.860. The van der Waals surface area contributed by atoms with Gasteiger partial charge in [-0.15, -0.1) is 0 Å². The van der Waals surface area contributed by atoms with Crippen LogP contribution >= 0.6 is 11.6 Å². The van der Waals surface area contributed by atoms with Crippen LogP contribution in [-0.4, -0.2) is 29.3 Å². The molecule has 3 heteroatoms. The lowest BCUT2D eigenvalue weighted by Crippen LogP contribution is -2.38. The highest BCUT2D eigenvalue weighted by atomic mass is 35.5. The third kappa shape index (κ3) is 2.76. The summed E-state index contributed by atoms with van der Waals surface area (Å²) in [6, 6.07) is 8.36. The molecule has 0 amide bonds. The summed E-state index contributed by atoms with van der Waals surface area (Å²) in [5.41, 5.74) is 0.646. The molecule has 98 valence electrons. The fourth-order valence-corrected chi connectivity index (χ4v) is 3.03. The Kier molecular flexibility index (Phi) is 4.41. The standard InChI is InChI=1S/C15H20ClNO/c1-3-12-9-8-11(2)17(12)10-15(18)13-6-4-5-7-14(13)16/h4-7,11-12H,3,8-10H2,1-2H3. The van der Waals surface area contributed by atoms with E-state index in [1.54, 1.807) is 6.07 Å². The molecule has 2 atom stereocenters. The molecular formula is C15H20ClNO. The molecule has 1 aliphatic heterocycles. The SMILES string of the molecule is CCC1CCC(C)N1CC(=O)c1ccccc1Cl. The second-order valence-corrected chi connectivity index (χ2v) is 5.47. The summed E-state index contributed by atoms with van der Waals surface area (Å²) in [4.78, 5) is 14.6. The number of hydrogen-bond donors (Lipinski definition) is 0. The minimum absolute atomic E-state index is 0.132. The maximum atomic E-state index is 12.3. The van der Waals surface area contributed by atoms with Crippen LogP contribution in [0.25, 0.3) is 0 Å². The maximum absolute atomic E-state index is 12.3. The first kappa shape index (κ1) is 13.6. The lowest BCUT2D eigenvalue weighted by molar-refractivity contribution is 0.0889. The van der Waals surface area contributed by atoms with Crippen LogP contribution in [-0.2, 0) is 0 Å². The molecular weight excluding hydrogens is 246 g/mol. The molecule has 1 aliphatic rings. The Morgan fingerprint density at radius 2 is 2.11 bits per heavy atom. The summed E-state index contributed by atoms with van der Waals surface area (Å²) >= 11 is 6.07. The van der Waals surface area contributed by atoms with Gasteiger partial charge in [0.2, 0.25) is 0 Å². The highest BCUT2D eigenvalue weighted by molar-refractivity contribution is 6.34. The molecule has 1 aromatic carbocycles. The van der Waals surface area contributed by atoms with Gasteiger partial charge < -0.3 is 0 Å². The molecule has 0 aliphatic carbocycles. The van der Waals surface area contributed by atoms with Gasteiger partial charge in [-0.2, -0.15) is 0 Å². The third-order valence-electron chi connectivity index (χ3n) is 3.92. The van der Waals surface area contributed by atoms with Gasteiger partial charge in [0.05, 0.1) is 11.6 Å². The van der Waals surface area contributed by atoms with E-state index in [0.29, 0.717) is 29.2 Å². The van der Waals surface area contributed by atoms with Gasteiger partial charge in [0.1, 0.15) is 0 Å². The van der Waals surface area contributed by atoms with Crippen molar-refractivity contribution in [3.8, 4) is 0 Å². The molecule has 0 spiro atoms. The van der Waals surface area contributed by atoms with E-state index >= 15 is 0 Å². The molecule has 0 bridgehead atoms. The van der Waals surface area contributed by atoms with Crippen molar-refractivity contribution >= 4 is 17.4 Å². The number of ketones is 1. The zero-order valence-electron chi connectivity index (χ0n) is 11.0. The fraction of sp³-hybridized carbons (Fsp3) is 0.533. The Morgan fingerprint density at radius 3 is 2.78 bits per heavy atom. The van der Waals surface area contributed by atoms with Crippen molar-refractivity contribution in [3.63, 3.8) is 0 Å². The molecule has 2 unspecified atom stereocenters. The van der Waals surface area contributed by atoms with Crippen molar-refractivity contribution in [2.24, 2.45) is 0 Å². The summed E-state index contributed by atoms with van der Waals surface area (Å²) in [6.07, 6.45) is 3.50. The van der Waals surface area contributed by atoms with E-state index in [2.05, 4.69) is 18.7 Å². The largest absolute Gasteiger partial charge is 0.293 e. The van der Waals surface area contributed by atoms with E-state index < -0.39 is 0 Å². The summed E-state index contributed by atoms with van der Waals surface area (Å²) in [5, 5.41) is 0.558. The first-order valence-electron chi connectivity index (χ1n) is 6.67. The second-order valence-electron chi connectivity index (χ2n) is 5.06. The van der Waals surface area contributed by atoms with E-state index in [0.717, 1.165) is 6.42 Å². The van der Waals surface area contributed by atoms with Crippen LogP contribution in [0.1, 0.15) is 43.5 Å². The van der Waals surface area contributed by atoms with Crippen LogP contribution in [0.5, 0.6) is 0 Å².